The predicted octanol–water partition coefficient (Wildman–Crippen LogP) is 4.56. The molecule has 1 atom stereocenters. The smallest absolute Gasteiger partial charge is 0.108 e. The highest BCUT2D eigenvalue weighted by atomic mass is 32.1. The number of nitrogens with one attached hydrogen (secondary N) is 1. The van der Waals surface area contributed by atoms with Crippen molar-refractivity contribution in [3.8, 4) is 0 Å². The maximum Gasteiger partial charge on any atom is 0.108 e. The molecule has 0 amide bonds. The number of hydrogen-bond donors (Lipinski definition) is 1. The highest BCUT2D eigenvalue weighted by Crippen LogP contribution is 2.32. The van der Waals surface area contributed by atoms with Crippen molar-refractivity contribution in [3.63, 3.8) is 0 Å². The Morgan fingerprint density at radius 2 is 1.95 bits per heavy atom. The molecule has 0 bridgehead atoms. The van der Waals surface area contributed by atoms with Gasteiger partial charge < -0.3 is 5.32 Å². The highest BCUT2D eigenvalue weighted by Gasteiger charge is 2.17. The molecule has 22 heavy (non-hydrogen) atoms. The molecule has 2 aromatic heterocycles. The molecule has 5 heteroatoms. The summed E-state index contributed by atoms with van der Waals surface area (Å²) in [7, 11) is 0. The first-order valence-electron chi connectivity index (χ1n) is 7.51. The molecule has 1 N–H and O–H groups in total. The maximum absolute atomic E-state index is 4.79. The monoisotopic (exact) mass is 327 g/mol. The molecule has 3 nitrogen and oxygen atoms in total. The largest absolute Gasteiger partial charge is 0.304 e. The standard InChI is InChI=1S/C17H17N3S2/c1-11-5-4-8-14-17(11)20-16(22-14)10-18-9-15-19-12-6-2-3-7-13(12)21-15/h2-4,6-8,11,18H,5,9-10H2,1H3. The second kappa shape index (κ2) is 5.91. The van der Waals surface area contributed by atoms with Crippen LogP contribution < -0.4 is 5.32 Å². The first-order chi connectivity index (χ1) is 10.8. The number of benzene rings is 1. The molecule has 1 aromatic carbocycles. The highest BCUT2D eigenvalue weighted by molar-refractivity contribution is 7.18. The lowest BCUT2D eigenvalue weighted by Gasteiger charge is -2.10. The Hall–Kier alpha value is -1.56. The van der Waals surface area contributed by atoms with Gasteiger partial charge in [-0.25, -0.2) is 9.97 Å². The van der Waals surface area contributed by atoms with Crippen LogP contribution in [-0.4, -0.2) is 9.97 Å². The molecular weight excluding hydrogens is 310 g/mol. The van der Waals surface area contributed by atoms with Gasteiger partial charge in [0, 0.05) is 19.0 Å². The van der Waals surface area contributed by atoms with Crippen LogP contribution in [0.1, 0.15) is 39.8 Å². The lowest BCUT2D eigenvalue weighted by molar-refractivity contribution is 0.678. The van der Waals surface area contributed by atoms with Crippen molar-refractivity contribution in [1.82, 2.24) is 15.3 Å². The average molecular weight is 327 g/mol. The third kappa shape index (κ3) is 2.72. The maximum atomic E-state index is 4.79. The fourth-order valence-electron chi connectivity index (χ4n) is 2.70. The molecule has 1 aliphatic rings. The summed E-state index contributed by atoms with van der Waals surface area (Å²) in [4.78, 5) is 10.8. The van der Waals surface area contributed by atoms with Crippen LogP contribution in [0.15, 0.2) is 30.3 Å². The lowest BCUT2D eigenvalue weighted by Crippen LogP contribution is -2.12. The summed E-state index contributed by atoms with van der Waals surface area (Å²) in [5, 5.41) is 5.78. The Morgan fingerprint density at radius 1 is 1.14 bits per heavy atom. The van der Waals surface area contributed by atoms with E-state index in [-0.39, 0.29) is 0 Å². The van der Waals surface area contributed by atoms with Crippen molar-refractivity contribution in [2.24, 2.45) is 0 Å². The van der Waals surface area contributed by atoms with E-state index < -0.39 is 0 Å². The van der Waals surface area contributed by atoms with Crippen molar-refractivity contribution < 1.29 is 0 Å². The minimum Gasteiger partial charge on any atom is -0.304 e. The minimum absolute atomic E-state index is 0.550. The number of para-hydroxylation sites is 1. The molecular formula is C17H17N3S2. The number of thiazole rings is 2. The van der Waals surface area contributed by atoms with Gasteiger partial charge in [0.15, 0.2) is 0 Å². The van der Waals surface area contributed by atoms with E-state index in [4.69, 9.17) is 4.98 Å². The summed E-state index contributed by atoms with van der Waals surface area (Å²) in [5.74, 6) is 0.550. The zero-order valence-corrected chi connectivity index (χ0v) is 14.0. The van der Waals surface area contributed by atoms with E-state index in [0.717, 1.165) is 30.0 Å². The minimum atomic E-state index is 0.550. The number of allylic oxidation sites excluding steroid dienone is 1. The van der Waals surface area contributed by atoms with E-state index in [0.29, 0.717) is 5.92 Å². The molecule has 2 heterocycles. The second-order valence-corrected chi connectivity index (χ2v) is 7.81. The van der Waals surface area contributed by atoms with Crippen molar-refractivity contribution >= 4 is 39.0 Å². The first-order valence-corrected chi connectivity index (χ1v) is 9.14. The fraction of sp³-hybridized carbons (Fsp3) is 0.294. The summed E-state index contributed by atoms with van der Waals surface area (Å²) in [5.41, 5.74) is 2.36. The van der Waals surface area contributed by atoms with Gasteiger partial charge in [-0.2, -0.15) is 0 Å². The summed E-state index contributed by atoms with van der Waals surface area (Å²) < 4.78 is 1.25. The summed E-state index contributed by atoms with van der Waals surface area (Å²) >= 11 is 3.56. The van der Waals surface area contributed by atoms with Gasteiger partial charge in [0.05, 0.1) is 20.8 Å². The molecule has 112 valence electrons. The van der Waals surface area contributed by atoms with Crippen molar-refractivity contribution in [2.45, 2.75) is 32.4 Å². The molecule has 1 unspecified atom stereocenters. The molecule has 4 rings (SSSR count). The normalized spacial score (nSPS) is 17.0. The van der Waals surface area contributed by atoms with Gasteiger partial charge in [0.25, 0.3) is 0 Å². The molecule has 0 radical (unpaired) electrons. The molecule has 0 aliphatic heterocycles. The zero-order valence-electron chi connectivity index (χ0n) is 12.4. The van der Waals surface area contributed by atoms with Gasteiger partial charge in [-0.15, -0.1) is 22.7 Å². The Bertz CT molecular complexity index is 798. The van der Waals surface area contributed by atoms with E-state index in [2.05, 4.69) is 47.6 Å². The average Bonchev–Trinajstić information content (AvgIpc) is 3.11. The SMILES string of the molecule is CC1CC=Cc2sc(CNCc3nc4ccccc4s3)nc21. The van der Waals surface area contributed by atoms with E-state index in [1.54, 1.807) is 22.7 Å². The summed E-state index contributed by atoms with van der Waals surface area (Å²) in [6.07, 6.45) is 5.57. The van der Waals surface area contributed by atoms with Crippen LogP contribution in [-0.2, 0) is 13.1 Å². The van der Waals surface area contributed by atoms with Gasteiger partial charge in [-0.05, 0) is 24.6 Å². The summed E-state index contributed by atoms with van der Waals surface area (Å²) in [6, 6.07) is 8.29. The van der Waals surface area contributed by atoms with Crippen LogP contribution in [0.5, 0.6) is 0 Å². The van der Waals surface area contributed by atoms with Crippen LogP contribution in [0.25, 0.3) is 16.3 Å². The lowest BCUT2D eigenvalue weighted by atomic mass is 9.98. The Labute approximate surface area is 137 Å². The van der Waals surface area contributed by atoms with Crippen LogP contribution in [0.3, 0.4) is 0 Å². The third-order valence-corrected chi connectivity index (χ3v) is 5.91. The van der Waals surface area contributed by atoms with Crippen molar-refractivity contribution in [3.05, 3.63) is 50.9 Å². The van der Waals surface area contributed by atoms with E-state index in [1.807, 2.05) is 6.07 Å². The summed E-state index contributed by atoms with van der Waals surface area (Å²) in [6.45, 7) is 3.86. The van der Waals surface area contributed by atoms with Gasteiger partial charge in [0.2, 0.25) is 0 Å². The molecule has 0 spiro atoms. The number of fused-ring (bicyclic) bond motifs is 2. The third-order valence-electron chi connectivity index (χ3n) is 3.84. The quantitative estimate of drug-likeness (QED) is 0.763. The van der Waals surface area contributed by atoms with Crippen molar-refractivity contribution in [2.75, 3.05) is 0 Å². The van der Waals surface area contributed by atoms with Crippen LogP contribution in [0.2, 0.25) is 0 Å². The van der Waals surface area contributed by atoms with Crippen LogP contribution in [0, 0.1) is 0 Å². The topological polar surface area (TPSA) is 37.8 Å². The Balaban J connectivity index is 1.42. The molecule has 1 aliphatic carbocycles. The van der Waals surface area contributed by atoms with Gasteiger partial charge in [-0.1, -0.05) is 25.1 Å². The van der Waals surface area contributed by atoms with Crippen molar-refractivity contribution in [1.29, 1.82) is 0 Å². The van der Waals surface area contributed by atoms with Gasteiger partial charge >= 0.3 is 0 Å². The molecule has 0 saturated heterocycles. The van der Waals surface area contributed by atoms with Gasteiger partial charge in [-0.3, -0.25) is 0 Å². The second-order valence-electron chi connectivity index (χ2n) is 5.58. The Morgan fingerprint density at radius 3 is 2.77 bits per heavy atom. The number of hydrogen-bond acceptors (Lipinski definition) is 5. The first kappa shape index (κ1) is 14.1. The molecule has 0 saturated carbocycles. The zero-order chi connectivity index (χ0) is 14.9. The molecule has 0 fully saturated rings. The number of nitrogens with zero attached hydrogens (tertiary/aromatic N) is 2. The number of rotatable bonds is 4. The Kier molecular flexibility index (Phi) is 3.78. The van der Waals surface area contributed by atoms with Gasteiger partial charge in [0.1, 0.15) is 10.0 Å². The van der Waals surface area contributed by atoms with Crippen LogP contribution in [0.4, 0.5) is 0 Å². The van der Waals surface area contributed by atoms with E-state index in [1.165, 1.54) is 20.3 Å². The number of aromatic nitrogens is 2. The molecule has 3 aromatic rings. The van der Waals surface area contributed by atoms with Crippen LogP contribution >= 0.6 is 22.7 Å². The fourth-order valence-corrected chi connectivity index (χ4v) is 4.73. The predicted molar refractivity (Wildman–Crippen MR) is 94.3 cm³/mol. The van der Waals surface area contributed by atoms with E-state index in [9.17, 15) is 0 Å². The van der Waals surface area contributed by atoms with E-state index >= 15 is 0 Å².